The third-order valence-electron chi connectivity index (χ3n) is 8.85. The lowest BCUT2D eigenvalue weighted by molar-refractivity contribution is -0.263. The van der Waals surface area contributed by atoms with Crippen LogP contribution in [0.15, 0.2) is 11.6 Å². The molecule has 4 rings (SSSR count). The molecule has 3 fully saturated rings. The van der Waals surface area contributed by atoms with Crippen molar-refractivity contribution in [3.63, 3.8) is 0 Å². The molecular formula is C22H28Cl2O6. The van der Waals surface area contributed by atoms with Crippen molar-refractivity contribution in [3.05, 3.63) is 11.6 Å². The van der Waals surface area contributed by atoms with Crippen molar-refractivity contribution in [3.8, 4) is 0 Å². The van der Waals surface area contributed by atoms with Crippen molar-refractivity contribution >= 4 is 40.9 Å². The second kappa shape index (κ2) is 7.21. The number of ether oxygens (including phenoxy) is 1. The van der Waals surface area contributed by atoms with Crippen molar-refractivity contribution in [2.45, 2.75) is 69.4 Å². The van der Waals surface area contributed by atoms with Crippen LogP contribution in [0.2, 0.25) is 0 Å². The third-order valence-corrected chi connectivity index (χ3v) is 9.20. The van der Waals surface area contributed by atoms with Crippen LogP contribution in [0.25, 0.3) is 0 Å². The van der Waals surface area contributed by atoms with E-state index in [4.69, 9.17) is 27.9 Å². The molecule has 4 aliphatic carbocycles. The molecular weight excluding hydrogens is 431 g/mol. The van der Waals surface area contributed by atoms with Crippen molar-refractivity contribution in [2.24, 2.45) is 34.5 Å². The minimum atomic E-state index is -1.61. The van der Waals surface area contributed by atoms with Crippen LogP contribution in [0.4, 0.5) is 0 Å². The molecule has 30 heavy (non-hydrogen) atoms. The first-order valence-corrected chi connectivity index (χ1v) is 11.5. The maximum Gasteiger partial charge on any atom is 0.341 e. The van der Waals surface area contributed by atoms with Crippen LogP contribution in [-0.4, -0.2) is 38.6 Å². The molecule has 3 saturated carbocycles. The molecule has 0 aromatic carbocycles. The molecule has 6 nitrogen and oxygen atoms in total. The first-order valence-electron chi connectivity index (χ1n) is 10.6. The van der Waals surface area contributed by atoms with Gasteiger partial charge >= 0.3 is 11.9 Å². The number of carbonyl (C=O) groups excluding carboxylic acids is 2. The number of alkyl halides is 2. The fourth-order valence-electron chi connectivity index (χ4n) is 7.21. The number of allylic oxidation sites excluding steroid dienone is 1. The SMILES string of the molecule is C[C@]12CC(C(=O)O)C(=O)C=C1CC[C@@H]1[C@H]2CC[C@@]2(C)[C@H]1CCC2(O)OC(=O)C(Cl)Cl. The number of halogens is 2. The van der Waals surface area contributed by atoms with E-state index in [0.29, 0.717) is 25.7 Å². The Labute approximate surface area is 185 Å². The lowest BCUT2D eigenvalue weighted by atomic mass is 9.46. The summed E-state index contributed by atoms with van der Waals surface area (Å²) in [5.41, 5.74) is 0.123. The Balaban J connectivity index is 1.63. The predicted octanol–water partition coefficient (Wildman–Crippen LogP) is 3.86. The van der Waals surface area contributed by atoms with E-state index < -0.39 is 33.9 Å². The molecule has 0 amide bonds. The molecule has 0 aromatic rings. The van der Waals surface area contributed by atoms with Gasteiger partial charge in [-0.2, -0.15) is 0 Å². The van der Waals surface area contributed by atoms with Crippen LogP contribution in [0.5, 0.6) is 0 Å². The molecule has 0 saturated heterocycles. The van der Waals surface area contributed by atoms with Crippen LogP contribution >= 0.6 is 23.2 Å². The number of hydrogen-bond acceptors (Lipinski definition) is 5. The number of aliphatic carboxylic acids is 1. The molecule has 166 valence electrons. The molecule has 4 aliphatic rings. The highest BCUT2D eigenvalue weighted by Gasteiger charge is 2.66. The van der Waals surface area contributed by atoms with E-state index in [9.17, 15) is 24.6 Å². The first-order chi connectivity index (χ1) is 13.9. The van der Waals surface area contributed by atoms with Crippen LogP contribution < -0.4 is 0 Å². The van der Waals surface area contributed by atoms with Crippen molar-refractivity contribution in [1.82, 2.24) is 0 Å². The van der Waals surface area contributed by atoms with Crippen LogP contribution in [0.3, 0.4) is 0 Å². The molecule has 0 aromatic heterocycles. The van der Waals surface area contributed by atoms with Crippen molar-refractivity contribution in [1.29, 1.82) is 0 Å². The topological polar surface area (TPSA) is 101 Å². The fraction of sp³-hybridized carbons (Fsp3) is 0.773. The van der Waals surface area contributed by atoms with E-state index in [-0.39, 0.29) is 29.0 Å². The molecule has 8 heteroatoms. The molecule has 0 spiro atoms. The molecule has 2 N–H and O–H groups in total. The quantitative estimate of drug-likeness (QED) is 0.288. The van der Waals surface area contributed by atoms with Gasteiger partial charge in [0.05, 0.1) is 0 Å². The largest absolute Gasteiger partial charge is 0.481 e. The zero-order valence-corrected chi connectivity index (χ0v) is 18.7. The second-order valence-electron chi connectivity index (χ2n) is 10.0. The number of carboxylic acids is 1. The summed E-state index contributed by atoms with van der Waals surface area (Å²) < 4.78 is 5.43. The number of ketones is 1. The first kappa shape index (κ1) is 22.1. The molecule has 7 atom stereocenters. The van der Waals surface area contributed by atoms with Crippen LogP contribution in [0.1, 0.15) is 58.8 Å². The second-order valence-corrected chi connectivity index (χ2v) is 11.1. The van der Waals surface area contributed by atoms with Gasteiger partial charge in [0.2, 0.25) is 10.6 Å². The van der Waals surface area contributed by atoms with Gasteiger partial charge in [-0.3, -0.25) is 9.59 Å². The van der Waals surface area contributed by atoms with Gasteiger partial charge in [0.15, 0.2) is 5.78 Å². The van der Waals surface area contributed by atoms with E-state index in [1.165, 1.54) is 0 Å². The molecule has 0 heterocycles. The summed E-state index contributed by atoms with van der Waals surface area (Å²) in [5.74, 6) is -4.15. The monoisotopic (exact) mass is 458 g/mol. The van der Waals surface area contributed by atoms with Crippen LogP contribution in [0, 0.1) is 34.5 Å². The van der Waals surface area contributed by atoms with Gasteiger partial charge in [-0.25, -0.2) is 4.79 Å². The summed E-state index contributed by atoms with van der Waals surface area (Å²) in [7, 11) is 0. The van der Waals surface area contributed by atoms with Gasteiger partial charge in [-0.1, -0.05) is 42.6 Å². The highest BCUT2D eigenvalue weighted by atomic mass is 35.5. The van der Waals surface area contributed by atoms with Gasteiger partial charge in [0, 0.05) is 11.8 Å². The Hall–Kier alpha value is -1.11. The Kier molecular flexibility index (Phi) is 5.31. The van der Waals surface area contributed by atoms with E-state index in [1.54, 1.807) is 6.08 Å². The molecule has 0 aliphatic heterocycles. The highest BCUT2D eigenvalue weighted by molar-refractivity contribution is 6.52. The van der Waals surface area contributed by atoms with Gasteiger partial charge in [0.25, 0.3) is 0 Å². The van der Waals surface area contributed by atoms with E-state index in [1.807, 2.05) is 6.92 Å². The van der Waals surface area contributed by atoms with Crippen LogP contribution in [-0.2, 0) is 19.1 Å². The normalized spacial score (nSPS) is 45.3. The minimum absolute atomic E-state index is 0.137. The zero-order valence-electron chi connectivity index (χ0n) is 17.2. The summed E-state index contributed by atoms with van der Waals surface area (Å²) in [4.78, 5) is 34.7. The van der Waals surface area contributed by atoms with Gasteiger partial charge in [-0.05, 0) is 67.8 Å². The third kappa shape index (κ3) is 3.05. The van der Waals surface area contributed by atoms with E-state index in [2.05, 4.69) is 6.92 Å². The molecule has 0 bridgehead atoms. The standard InChI is InChI=1S/C22H28Cl2O6/c1-20-10-13(18(26)27)16(25)9-11(20)3-4-12-14(20)5-7-21(2)15(12)6-8-22(21,29)30-19(28)17(23)24/h9,12-15,17,29H,3-8,10H2,1-2H3,(H,26,27)/t12-,13?,14-,15+,20+,21+,22?/m1/s1. The zero-order chi connectivity index (χ0) is 22.1. The lowest BCUT2D eigenvalue weighted by Crippen LogP contribution is -2.57. The molecule has 0 radical (unpaired) electrons. The average molecular weight is 459 g/mol. The number of hydrogen-bond donors (Lipinski definition) is 2. The van der Waals surface area contributed by atoms with Crippen molar-refractivity contribution in [2.75, 3.05) is 0 Å². The van der Waals surface area contributed by atoms with E-state index in [0.717, 1.165) is 24.8 Å². The Bertz CT molecular complexity index is 824. The number of carbonyl (C=O) groups is 3. The molecule has 2 unspecified atom stereocenters. The number of esters is 1. The Morgan fingerprint density at radius 1 is 1.17 bits per heavy atom. The number of aliphatic hydroxyl groups is 1. The van der Waals surface area contributed by atoms with Crippen molar-refractivity contribution < 1.29 is 29.3 Å². The summed E-state index contributed by atoms with van der Waals surface area (Å²) in [6.07, 6.45) is 6.02. The smallest absolute Gasteiger partial charge is 0.341 e. The summed E-state index contributed by atoms with van der Waals surface area (Å²) in [6, 6.07) is 0. The lowest BCUT2D eigenvalue weighted by Gasteiger charge is -2.58. The predicted molar refractivity (Wildman–Crippen MR) is 110 cm³/mol. The maximum atomic E-state index is 12.3. The van der Waals surface area contributed by atoms with Gasteiger partial charge in [-0.15, -0.1) is 0 Å². The number of rotatable bonds is 3. The minimum Gasteiger partial charge on any atom is -0.481 e. The number of fused-ring (bicyclic) bond motifs is 5. The highest BCUT2D eigenvalue weighted by Crippen LogP contribution is 2.68. The van der Waals surface area contributed by atoms with Gasteiger partial charge in [0.1, 0.15) is 5.92 Å². The summed E-state index contributed by atoms with van der Waals surface area (Å²) >= 11 is 11.3. The Morgan fingerprint density at radius 3 is 2.47 bits per heavy atom. The van der Waals surface area contributed by atoms with E-state index >= 15 is 0 Å². The van der Waals surface area contributed by atoms with Gasteiger partial charge < -0.3 is 14.9 Å². The summed E-state index contributed by atoms with van der Waals surface area (Å²) in [6.45, 7) is 4.08. The number of carboxylic acid groups (broad SMARTS) is 1. The Morgan fingerprint density at radius 2 is 1.83 bits per heavy atom. The maximum absolute atomic E-state index is 12.3. The average Bonchev–Trinajstić information content (AvgIpc) is 2.92. The fourth-order valence-corrected chi connectivity index (χ4v) is 7.29. The summed E-state index contributed by atoms with van der Waals surface area (Å²) in [5, 5.41) is 20.9.